The summed E-state index contributed by atoms with van der Waals surface area (Å²) < 4.78 is 34.3. The third kappa shape index (κ3) is 6.29. The number of amidine groups is 1. The van der Waals surface area contributed by atoms with Crippen LogP contribution in [0.1, 0.15) is 5.82 Å². The minimum Gasteiger partial charge on any atom is -0.457 e. The van der Waals surface area contributed by atoms with Crippen LogP contribution in [0.15, 0.2) is 54.6 Å². The smallest absolute Gasteiger partial charge is 0.284 e. The number of rotatable bonds is 6. The van der Waals surface area contributed by atoms with Gasteiger partial charge in [0.15, 0.2) is 22.3 Å². The fourth-order valence-electron chi connectivity index (χ4n) is 3.06. The Kier molecular flexibility index (Phi) is 6.54. The van der Waals surface area contributed by atoms with Gasteiger partial charge < -0.3 is 25.4 Å². The molecule has 1 aliphatic rings. The standard InChI is InChI=1S/C21H23N7O4S/c22-19-25-18(14-31-20(23)28-10-12-33(29,30)13-11-28)26-21(27-19)24-15-6-8-17(9-7-15)32-16-4-2-1-3-5-16/h1-9,23H,10-14H2,(H3,22,24,25,26,27). The predicted molar refractivity (Wildman–Crippen MR) is 123 cm³/mol. The molecular weight excluding hydrogens is 446 g/mol. The van der Waals surface area contributed by atoms with Crippen LogP contribution in [0.5, 0.6) is 11.5 Å². The van der Waals surface area contributed by atoms with Gasteiger partial charge in [-0.25, -0.2) is 8.42 Å². The number of nitrogens with one attached hydrogen (secondary N) is 2. The molecule has 11 nitrogen and oxygen atoms in total. The van der Waals surface area contributed by atoms with Gasteiger partial charge >= 0.3 is 0 Å². The molecule has 12 heteroatoms. The molecule has 3 aromatic rings. The van der Waals surface area contributed by atoms with E-state index in [1.165, 1.54) is 0 Å². The first-order valence-electron chi connectivity index (χ1n) is 10.1. The summed E-state index contributed by atoms with van der Waals surface area (Å²) in [5.74, 6) is 1.90. The number of aromatic nitrogens is 3. The normalized spacial score (nSPS) is 15.0. The van der Waals surface area contributed by atoms with Crippen LogP contribution in [-0.2, 0) is 21.2 Å². The predicted octanol–water partition coefficient (Wildman–Crippen LogP) is 2.17. The van der Waals surface area contributed by atoms with E-state index in [1.54, 1.807) is 4.90 Å². The van der Waals surface area contributed by atoms with Crippen LogP contribution in [0.25, 0.3) is 0 Å². The monoisotopic (exact) mass is 469 g/mol. The van der Waals surface area contributed by atoms with Crippen LogP contribution in [0, 0.1) is 5.41 Å². The summed E-state index contributed by atoms with van der Waals surface area (Å²) in [5.41, 5.74) is 6.51. The number of para-hydroxylation sites is 1. The van der Waals surface area contributed by atoms with E-state index in [-0.39, 0.29) is 54.9 Å². The van der Waals surface area contributed by atoms with Crippen molar-refractivity contribution >= 4 is 33.4 Å². The zero-order valence-corrected chi connectivity index (χ0v) is 18.5. The van der Waals surface area contributed by atoms with Gasteiger partial charge in [0.05, 0.1) is 11.5 Å². The second-order valence-electron chi connectivity index (χ2n) is 7.23. The van der Waals surface area contributed by atoms with Crippen LogP contribution in [0.2, 0.25) is 0 Å². The number of nitrogen functional groups attached to an aromatic ring is 1. The van der Waals surface area contributed by atoms with Crippen molar-refractivity contribution in [1.29, 1.82) is 5.41 Å². The Morgan fingerprint density at radius 3 is 2.36 bits per heavy atom. The maximum Gasteiger partial charge on any atom is 0.284 e. The number of hydrogen-bond acceptors (Lipinski definition) is 10. The van der Waals surface area contributed by atoms with Crippen LogP contribution in [0.4, 0.5) is 17.6 Å². The van der Waals surface area contributed by atoms with Gasteiger partial charge in [-0.1, -0.05) is 18.2 Å². The summed E-state index contributed by atoms with van der Waals surface area (Å²) in [7, 11) is -3.04. The summed E-state index contributed by atoms with van der Waals surface area (Å²) in [6, 6.07) is 16.6. The lowest BCUT2D eigenvalue weighted by Gasteiger charge is -2.27. The average molecular weight is 470 g/mol. The van der Waals surface area contributed by atoms with Gasteiger partial charge in [-0.2, -0.15) is 15.0 Å². The van der Waals surface area contributed by atoms with Gasteiger partial charge in [-0.3, -0.25) is 5.41 Å². The van der Waals surface area contributed by atoms with Crippen molar-refractivity contribution in [1.82, 2.24) is 19.9 Å². The summed E-state index contributed by atoms with van der Waals surface area (Å²) in [6.45, 7) is 0.335. The van der Waals surface area contributed by atoms with E-state index in [1.807, 2.05) is 54.6 Å². The SMILES string of the molecule is N=C(OCc1nc(N)nc(Nc2ccc(Oc3ccccc3)cc2)n1)N1CCS(=O)(=O)CC1. The summed E-state index contributed by atoms with van der Waals surface area (Å²) >= 11 is 0. The molecule has 0 atom stereocenters. The summed E-state index contributed by atoms with van der Waals surface area (Å²) in [4.78, 5) is 14.0. The Hall–Kier alpha value is -3.93. The molecule has 2 heterocycles. The molecule has 0 saturated carbocycles. The molecule has 1 fully saturated rings. The maximum atomic E-state index is 11.5. The Morgan fingerprint density at radius 1 is 1.00 bits per heavy atom. The molecule has 0 aliphatic carbocycles. The summed E-state index contributed by atoms with van der Waals surface area (Å²) in [5, 5.41) is 11.1. The number of benzene rings is 2. The lowest BCUT2D eigenvalue weighted by Crippen LogP contribution is -2.44. The highest BCUT2D eigenvalue weighted by Crippen LogP contribution is 2.23. The number of ether oxygens (including phenoxy) is 2. The zero-order valence-electron chi connectivity index (χ0n) is 17.6. The molecule has 0 spiro atoms. The van der Waals surface area contributed by atoms with Gasteiger partial charge in [-0.05, 0) is 36.4 Å². The molecule has 0 amide bonds. The van der Waals surface area contributed by atoms with Crippen molar-refractivity contribution in [3.63, 3.8) is 0 Å². The fraction of sp³-hybridized carbons (Fsp3) is 0.238. The molecule has 0 unspecified atom stereocenters. The van der Waals surface area contributed by atoms with Crippen molar-refractivity contribution in [3.8, 4) is 11.5 Å². The first-order valence-corrected chi connectivity index (χ1v) is 12.0. The van der Waals surface area contributed by atoms with Gasteiger partial charge in [0.1, 0.15) is 11.5 Å². The molecule has 2 aromatic carbocycles. The van der Waals surface area contributed by atoms with Crippen LogP contribution in [0.3, 0.4) is 0 Å². The van der Waals surface area contributed by atoms with Crippen molar-refractivity contribution in [2.24, 2.45) is 0 Å². The molecule has 33 heavy (non-hydrogen) atoms. The van der Waals surface area contributed by atoms with Crippen molar-refractivity contribution in [2.75, 3.05) is 35.6 Å². The fourth-order valence-corrected chi connectivity index (χ4v) is 4.26. The number of hydrogen-bond donors (Lipinski definition) is 3. The minimum atomic E-state index is -3.04. The highest BCUT2D eigenvalue weighted by molar-refractivity contribution is 7.91. The number of anilines is 3. The second-order valence-corrected chi connectivity index (χ2v) is 9.53. The molecule has 4 rings (SSSR count). The second kappa shape index (κ2) is 9.69. The molecule has 1 aromatic heterocycles. The molecule has 1 aliphatic heterocycles. The molecule has 172 valence electrons. The molecule has 0 bridgehead atoms. The van der Waals surface area contributed by atoms with Gasteiger partial charge in [0.25, 0.3) is 6.02 Å². The molecular formula is C21H23N7O4S. The largest absolute Gasteiger partial charge is 0.457 e. The van der Waals surface area contributed by atoms with E-state index in [9.17, 15) is 8.42 Å². The summed E-state index contributed by atoms with van der Waals surface area (Å²) in [6.07, 6.45) is 0. The van der Waals surface area contributed by atoms with Crippen molar-refractivity contribution < 1.29 is 17.9 Å². The van der Waals surface area contributed by atoms with E-state index < -0.39 is 9.84 Å². The van der Waals surface area contributed by atoms with Crippen LogP contribution < -0.4 is 15.8 Å². The van der Waals surface area contributed by atoms with Gasteiger partial charge in [0.2, 0.25) is 11.9 Å². The topological polar surface area (TPSA) is 156 Å². The zero-order chi connectivity index (χ0) is 23.3. The Balaban J connectivity index is 1.34. The van der Waals surface area contributed by atoms with Crippen LogP contribution in [-0.4, -0.2) is 58.9 Å². The third-order valence-electron chi connectivity index (χ3n) is 4.76. The van der Waals surface area contributed by atoms with E-state index in [4.69, 9.17) is 20.6 Å². The Morgan fingerprint density at radius 2 is 1.67 bits per heavy atom. The van der Waals surface area contributed by atoms with E-state index >= 15 is 0 Å². The van der Waals surface area contributed by atoms with E-state index in [0.29, 0.717) is 5.75 Å². The van der Waals surface area contributed by atoms with Crippen molar-refractivity contribution in [2.45, 2.75) is 6.61 Å². The number of sulfone groups is 1. The lowest BCUT2D eigenvalue weighted by atomic mass is 10.3. The Labute approximate surface area is 191 Å². The highest BCUT2D eigenvalue weighted by Gasteiger charge is 2.24. The third-order valence-corrected chi connectivity index (χ3v) is 6.37. The lowest BCUT2D eigenvalue weighted by molar-refractivity contribution is 0.215. The highest BCUT2D eigenvalue weighted by atomic mass is 32.2. The van der Waals surface area contributed by atoms with Gasteiger partial charge in [0, 0.05) is 18.8 Å². The first-order chi connectivity index (χ1) is 15.9. The maximum absolute atomic E-state index is 11.5. The van der Waals surface area contributed by atoms with Crippen molar-refractivity contribution in [3.05, 3.63) is 60.4 Å². The molecule has 4 N–H and O–H groups in total. The Bertz CT molecular complexity index is 1210. The average Bonchev–Trinajstić information content (AvgIpc) is 2.79. The van der Waals surface area contributed by atoms with E-state index in [2.05, 4.69) is 20.3 Å². The van der Waals surface area contributed by atoms with E-state index in [0.717, 1.165) is 11.4 Å². The number of nitrogens with two attached hydrogens (primary N) is 1. The first kappa shape index (κ1) is 22.3. The molecule has 1 saturated heterocycles. The quantitative estimate of drug-likeness (QED) is 0.361. The van der Waals surface area contributed by atoms with Gasteiger partial charge in [-0.15, -0.1) is 0 Å². The number of nitrogens with zero attached hydrogens (tertiary/aromatic N) is 4. The van der Waals surface area contributed by atoms with Crippen LogP contribution >= 0.6 is 0 Å². The molecule has 0 radical (unpaired) electrons. The minimum absolute atomic E-state index is 0.000686.